The molecule has 6 nitrogen and oxygen atoms in total. The molecule has 0 radical (unpaired) electrons. The molecule has 0 saturated carbocycles. The fraction of sp³-hybridized carbons (Fsp3) is 0.500. The lowest BCUT2D eigenvalue weighted by Gasteiger charge is -2.30. The van der Waals surface area contributed by atoms with Gasteiger partial charge < -0.3 is 19.3 Å². The van der Waals surface area contributed by atoms with Gasteiger partial charge in [-0.1, -0.05) is 13.3 Å². The highest BCUT2D eigenvalue weighted by Gasteiger charge is 2.21. The molecular formula is C20H28N4O2. The molecule has 1 aromatic carbocycles. The molecule has 0 N–H and O–H groups in total. The van der Waals surface area contributed by atoms with Crippen molar-refractivity contribution in [1.29, 1.82) is 0 Å². The topological polar surface area (TPSA) is 50.7 Å². The molecule has 6 heteroatoms. The Bertz CT molecular complexity index is 751. The van der Waals surface area contributed by atoms with E-state index in [1.165, 1.54) is 17.5 Å². The van der Waals surface area contributed by atoms with Crippen molar-refractivity contribution in [2.75, 3.05) is 44.2 Å². The highest BCUT2D eigenvalue weighted by atomic mass is 16.5. The van der Waals surface area contributed by atoms with Gasteiger partial charge in [-0.25, -0.2) is 4.98 Å². The molecule has 26 heavy (non-hydrogen) atoms. The van der Waals surface area contributed by atoms with Crippen molar-refractivity contribution in [3.8, 4) is 11.5 Å². The molecule has 0 unspecified atom stereocenters. The summed E-state index contributed by atoms with van der Waals surface area (Å²) in [5.41, 5.74) is 2.54. The molecule has 0 bridgehead atoms. The van der Waals surface area contributed by atoms with Crippen molar-refractivity contribution in [2.45, 2.75) is 32.7 Å². The molecular weight excluding hydrogens is 328 g/mol. The van der Waals surface area contributed by atoms with Crippen molar-refractivity contribution >= 4 is 11.8 Å². The Morgan fingerprint density at radius 1 is 1.15 bits per heavy atom. The Kier molecular flexibility index (Phi) is 5.81. The Morgan fingerprint density at radius 3 is 2.58 bits per heavy atom. The fourth-order valence-electron chi connectivity index (χ4n) is 3.27. The predicted octanol–water partition coefficient (Wildman–Crippen LogP) is 3.29. The van der Waals surface area contributed by atoms with Gasteiger partial charge in [0.05, 0.1) is 14.2 Å². The van der Waals surface area contributed by atoms with Crippen LogP contribution in [0, 0.1) is 0 Å². The molecule has 1 aliphatic heterocycles. The maximum Gasteiger partial charge on any atom is 0.227 e. The number of benzene rings is 1. The third-order valence-corrected chi connectivity index (χ3v) is 4.87. The number of hydrogen-bond acceptors (Lipinski definition) is 6. The number of ether oxygens (including phenoxy) is 2. The number of aromatic nitrogens is 2. The summed E-state index contributed by atoms with van der Waals surface area (Å²) in [6, 6.07) is 6.13. The van der Waals surface area contributed by atoms with E-state index >= 15 is 0 Å². The number of anilines is 2. The van der Waals surface area contributed by atoms with E-state index in [9.17, 15) is 0 Å². The molecule has 1 aliphatic rings. The van der Waals surface area contributed by atoms with E-state index < -0.39 is 0 Å². The first-order valence-electron chi connectivity index (χ1n) is 9.19. The van der Waals surface area contributed by atoms with Crippen LogP contribution in [-0.2, 0) is 13.0 Å². The van der Waals surface area contributed by atoms with Crippen molar-refractivity contribution < 1.29 is 9.47 Å². The number of fused-ring (bicyclic) bond motifs is 1. The minimum Gasteiger partial charge on any atom is -0.493 e. The molecule has 0 atom stereocenters. The lowest BCUT2D eigenvalue weighted by atomic mass is 9.99. The third-order valence-electron chi connectivity index (χ3n) is 4.87. The zero-order valence-electron chi connectivity index (χ0n) is 16.2. The minimum absolute atomic E-state index is 0.766. The van der Waals surface area contributed by atoms with Crippen LogP contribution in [0.4, 0.5) is 11.8 Å². The lowest BCUT2D eigenvalue weighted by molar-refractivity contribution is 0.353. The zero-order valence-corrected chi connectivity index (χ0v) is 16.2. The smallest absolute Gasteiger partial charge is 0.227 e. The molecule has 0 spiro atoms. The number of unbranched alkanes of at least 4 members (excludes halogenated alkanes) is 1. The summed E-state index contributed by atoms with van der Waals surface area (Å²) >= 11 is 0. The van der Waals surface area contributed by atoms with E-state index in [2.05, 4.69) is 40.9 Å². The van der Waals surface area contributed by atoms with Crippen LogP contribution < -0.4 is 19.3 Å². The summed E-state index contributed by atoms with van der Waals surface area (Å²) in [6.07, 6.45) is 5.13. The monoisotopic (exact) mass is 356 g/mol. The van der Waals surface area contributed by atoms with Gasteiger partial charge in [0.15, 0.2) is 11.5 Å². The molecule has 2 aromatic rings. The highest BCUT2D eigenvalue weighted by molar-refractivity contribution is 5.51. The van der Waals surface area contributed by atoms with Crippen LogP contribution in [0.1, 0.15) is 30.9 Å². The standard InChI is InChI=1S/C20H28N4O2/c1-5-6-10-23(2)19-7-9-21-20(22-19)24-11-8-15-12-17(25-3)18(26-4)13-16(15)14-24/h7,9,12-13H,5-6,8,10-11,14H2,1-4H3. The van der Waals surface area contributed by atoms with Gasteiger partial charge in [-0.3, -0.25) is 0 Å². The normalized spacial score (nSPS) is 13.3. The molecule has 3 rings (SSSR count). The summed E-state index contributed by atoms with van der Waals surface area (Å²) < 4.78 is 10.9. The van der Waals surface area contributed by atoms with Gasteiger partial charge in [0, 0.05) is 32.9 Å². The van der Waals surface area contributed by atoms with Crippen LogP contribution in [0.5, 0.6) is 11.5 Å². The Hall–Kier alpha value is -2.50. The van der Waals surface area contributed by atoms with Crippen LogP contribution >= 0.6 is 0 Å². The summed E-state index contributed by atoms with van der Waals surface area (Å²) in [5, 5.41) is 0. The molecule has 0 fully saturated rings. The van der Waals surface area contributed by atoms with Gasteiger partial charge in [-0.15, -0.1) is 0 Å². The molecule has 2 heterocycles. The molecule has 0 aliphatic carbocycles. The largest absolute Gasteiger partial charge is 0.493 e. The summed E-state index contributed by atoms with van der Waals surface area (Å²) in [5.74, 6) is 3.31. The van der Waals surface area contributed by atoms with Gasteiger partial charge in [0.25, 0.3) is 0 Å². The number of rotatable bonds is 7. The molecule has 1 aromatic heterocycles. The lowest BCUT2D eigenvalue weighted by Crippen LogP contribution is -2.32. The SMILES string of the molecule is CCCCN(C)c1ccnc(N2CCc3cc(OC)c(OC)cc3C2)n1. The van der Waals surface area contributed by atoms with E-state index in [0.717, 1.165) is 55.7 Å². The number of hydrogen-bond donors (Lipinski definition) is 0. The number of nitrogens with zero attached hydrogens (tertiary/aromatic N) is 4. The Labute approximate surface area is 155 Å². The van der Waals surface area contributed by atoms with Crippen molar-refractivity contribution in [3.63, 3.8) is 0 Å². The first-order chi connectivity index (χ1) is 12.7. The minimum atomic E-state index is 0.766. The van der Waals surface area contributed by atoms with Crippen LogP contribution in [0.3, 0.4) is 0 Å². The van der Waals surface area contributed by atoms with Gasteiger partial charge in [0.1, 0.15) is 5.82 Å². The Balaban J connectivity index is 1.80. The fourth-order valence-corrected chi connectivity index (χ4v) is 3.27. The predicted molar refractivity (Wildman–Crippen MR) is 105 cm³/mol. The van der Waals surface area contributed by atoms with Gasteiger partial charge >= 0.3 is 0 Å². The third kappa shape index (κ3) is 3.84. The average molecular weight is 356 g/mol. The molecule has 0 saturated heterocycles. The molecule has 0 amide bonds. The number of methoxy groups -OCH3 is 2. The van der Waals surface area contributed by atoms with Crippen molar-refractivity contribution in [3.05, 3.63) is 35.5 Å². The second-order valence-corrected chi connectivity index (χ2v) is 6.64. The first kappa shape index (κ1) is 18.3. The second kappa shape index (κ2) is 8.25. The van der Waals surface area contributed by atoms with Crippen LogP contribution in [0.2, 0.25) is 0 Å². The van der Waals surface area contributed by atoms with Crippen molar-refractivity contribution in [1.82, 2.24) is 9.97 Å². The maximum absolute atomic E-state index is 5.45. The zero-order chi connectivity index (χ0) is 18.5. The van der Waals surface area contributed by atoms with Crippen molar-refractivity contribution in [2.24, 2.45) is 0 Å². The summed E-state index contributed by atoms with van der Waals surface area (Å²) in [4.78, 5) is 13.7. The summed E-state index contributed by atoms with van der Waals surface area (Å²) in [6.45, 7) is 4.88. The van der Waals surface area contributed by atoms with E-state index in [-0.39, 0.29) is 0 Å². The molecule has 140 valence electrons. The van der Waals surface area contributed by atoms with Gasteiger partial charge in [0.2, 0.25) is 5.95 Å². The Morgan fingerprint density at radius 2 is 1.88 bits per heavy atom. The van der Waals surface area contributed by atoms with Crippen LogP contribution in [0.15, 0.2) is 24.4 Å². The van der Waals surface area contributed by atoms with E-state index in [4.69, 9.17) is 14.5 Å². The quantitative estimate of drug-likeness (QED) is 0.759. The highest BCUT2D eigenvalue weighted by Crippen LogP contribution is 2.34. The van der Waals surface area contributed by atoms with E-state index in [1.807, 2.05) is 12.3 Å². The average Bonchev–Trinajstić information content (AvgIpc) is 2.70. The maximum atomic E-state index is 5.45. The van der Waals surface area contributed by atoms with Gasteiger partial charge in [-0.05, 0) is 42.2 Å². The van der Waals surface area contributed by atoms with E-state index in [0.29, 0.717) is 0 Å². The van der Waals surface area contributed by atoms with E-state index in [1.54, 1.807) is 14.2 Å². The van der Waals surface area contributed by atoms with Crippen LogP contribution in [-0.4, -0.2) is 44.3 Å². The first-order valence-corrected chi connectivity index (χ1v) is 9.19. The van der Waals surface area contributed by atoms with Gasteiger partial charge in [-0.2, -0.15) is 4.98 Å². The van der Waals surface area contributed by atoms with Crippen LogP contribution in [0.25, 0.3) is 0 Å². The second-order valence-electron chi connectivity index (χ2n) is 6.64. The summed E-state index contributed by atoms with van der Waals surface area (Å²) in [7, 11) is 5.43.